The number of terminal acetylenes is 1. The number of nitrogens with one attached hydrogen (secondary N) is 1. The summed E-state index contributed by atoms with van der Waals surface area (Å²) in [7, 11) is 1.87. The van der Waals surface area contributed by atoms with Gasteiger partial charge >= 0.3 is 0 Å². The third-order valence-electron chi connectivity index (χ3n) is 5.96. The third kappa shape index (κ3) is 3.56. The van der Waals surface area contributed by atoms with Gasteiger partial charge in [-0.15, -0.1) is 6.42 Å². The maximum absolute atomic E-state index is 12.7. The van der Waals surface area contributed by atoms with Crippen molar-refractivity contribution in [2.45, 2.75) is 19.3 Å². The Balaban J connectivity index is 1.42. The second-order valence-corrected chi connectivity index (χ2v) is 8.24. The van der Waals surface area contributed by atoms with Gasteiger partial charge in [-0.25, -0.2) is 9.97 Å². The second-order valence-electron chi connectivity index (χ2n) is 8.24. The fourth-order valence-electron chi connectivity index (χ4n) is 4.07. The number of fused-ring (bicyclic) bond motifs is 1. The summed E-state index contributed by atoms with van der Waals surface area (Å²) < 4.78 is 1.75. The SMILES string of the molecule is C#Cc1ccc(C)c(-c2cc3cc(NC(=O)[C@@H]4C[C@H]4c4cnn(C)c4)ncc3c(N)n2)c1. The van der Waals surface area contributed by atoms with Gasteiger partial charge in [0.05, 0.1) is 11.9 Å². The molecule has 1 aliphatic rings. The number of hydrogen-bond acceptors (Lipinski definition) is 5. The molecule has 1 saturated carbocycles. The van der Waals surface area contributed by atoms with Crippen LogP contribution in [-0.2, 0) is 11.8 Å². The topological polar surface area (TPSA) is 98.7 Å². The van der Waals surface area contributed by atoms with Gasteiger partial charge in [-0.1, -0.05) is 12.0 Å². The molecule has 4 aromatic rings. The maximum Gasteiger partial charge on any atom is 0.229 e. The normalized spacial score (nSPS) is 17.2. The maximum atomic E-state index is 12.7. The van der Waals surface area contributed by atoms with Crippen molar-refractivity contribution in [2.24, 2.45) is 13.0 Å². The van der Waals surface area contributed by atoms with E-state index in [1.54, 1.807) is 10.9 Å². The summed E-state index contributed by atoms with van der Waals surface area (Å²) in [4.78, 5) is 21.7. The molecule has 2 atom stereocenters. The number of pyridine rings is 2. The van der Waals surface area contributed by atoms with E-state index in [2.05, 4.69) is 26.3 Å². The van der Waals surface area contributed by atoms with Crippen molar-refractivity contribution in [3.63, 3.8) is 0 Å². The molecule has 3 aromatic heterocycles. The van der Waals surface area contributed by atoms with Gasteiger partial charge in [0.15, 0.2) is 0 Å². The van der Waals surface area contributed by atoms with Crippen LogP contribution in [0.5, 0.6) is 0 Å². The molecule has 1 aliphatic carbocycles. The lowest BCUT2D eigenvalue weighted by Gasteiger charge is -2.11. The summed E-state index contributed by atoms with van der Waals surface area (Å²) in [6, 6.07) is 9.58. The van der Waals surface area contributed by atoms with Gasteiger partial charge in [-0.3, -0.25) is 9.48 Å². The first-order chi connectivity index (χ1) is 15.4. The number of benzene rings is 1. The van der Waals surface area contributed by atoms with Gasteiger partial charge in [-0.05, 0) is 60.0 Å². The van der Waals surface area contributed by atoms with Crippen LogP contribution < -0.4 is 11.1 Å². The largest absolute Gasteiger partial charge is 0.383 e. The summed E-state index contributed by atoms with van der Waals surface area (Å²) in [6.45, 7) is 2.00. The van der Waals surface area contributed by atoms with Crippen LogP contribution in [0.15, 0.2) is 48.9 Å². The highest BCUT2D eigenvalue weighted by molar-refractivity contribution is 5.99. The molecule has 0 spiro atoms. The number of amides is 1. The fraction of sp³-hybridized carbons (Fsp3) is 0.200. The number of carbonyl (C=O) groups excluding carboxylic acids is 1. The second kappa shape index (κ2) is 7.50. The van der Waals surface area contributed by atoms with E-state index >= 15 is 0 Å². The average molecular weight is 422 g/mol. The standard InChI is InChI=1S/C25H22N6O/c1-4-15-6-5-14(2)18(7-15)22-8-16-9-23(27-12-21(16)24(26)29-22)30-25(32)20-10-19(20)17-11-28-31(3)13-17/h1,5-9,11-13,19-20H,10H2,2-3H3,(H2,26,29)(H,27,30,32)/t19-,20+/m0/s1. The molecule has 1 aromatic carbocycles. The molecule has 5 rings (SSSR count). The van der Waals surface area contributed by atoms with Crippen molar-refractivity contribution in [3.8, 4) is 23.6 Å². The number of rotatable bonds is 4. The van der Waals surface area contributed by atoms with Crippen molar-refractivity contribution < 1.29 is 4.79 Å². The summed E-state index contributed by atoms with van der Waals surface area (Å²) in [5.41, 5.74) is 10.8. The Labute approximate surface area is 185 Å². The summed E-state index contributed by atoms with van der Waals surface area (Å²) in [5, 5.41) is 8.72. The molecular weight excluding hydrogens is 400 g/mol. The number of anilines is 2. The van der Waals surface area contributed by atoms with Crippen LogP contribution >= 0.6 is 0 Å². The van der Waals surface area contributed by atoms with Gasteiger partial charge in [0.25, 0.3) is 0 Å². The molecule has 0 saturated heterocycles. The minimum absolute atomic E-state index is 0.0366. The van der Waals surface area contributed by atoms with E-state index in [9.17, 15) is 4.79 Å². The Hall–Kier alpha value is -4.18. The van der Waals surface area contributed by atoms with E-state index in [4.69, 9.17) is 12.2 Å². The quantitative estimate of drug-likeness (QED) is 0.489. The van der Waals surface area contributed by atoms with E-state index in [1.165, 1.54) is 0 Å². The lowest BCUT2D eigenvalue weighted by atomic mass is 10.0. The highest BCUT2D eigenvalue weighted by atomic mass is 16.2. The van der Waals surface area contributed by atoms with Crippen molar-refractivity contribution in [3.05, 3.63) is 65.6 Å². The smallest absolute Gasteiger partial charge is 0.229 e. The molecule has 0 aliphatic heterocycles. The first kappa shape index (κ1) is 19.8. The lowest BCUT2D eigenvalue weighted by molar-refractivity contribution is -0.117. The van der Waals surface area contributed by atoms with Crippen molar-refractivity contribution in [1.29, 1.82) is 0 Å². The van der Waals surface area contributed by atoms with Crippen molar-refractivity contribution in [2.75, 3.05) is 11.1 Å². The van der Waals surface area contributed by atoms with Crippen LogP contribution in [0.2, 0.25) is 0 Å². The number of nitrogens with two attached hydrogens (primary N) is 1. The minimum atomic E-state index is -0.0658. The van der Waals surface area contributed by atoms with Crippen LogP contribution in [0.25, 0.3) is 22.0 Å². The molecule has 0 radical (unpaired) electrons. The van der Waals surface area contributed by atoms with E-state index in [0.717, 1.165) is 45.1 Å². The molecule has 158 valence electrons. The monoisotopic (exact) mass is 422 g/mol. The summed E-state index contributed by atoms with van der Waals surface area (Å²) in [5.74, 6) is 3.64. The Morgan fingerprint density at radius 2 is 2.12 bits per heavy atom. The number of hydrogen-bond donors (Lipinski definition) is 2. The van der Waals surface area contributed by atoms with Gasteiger partial charge in [-0.2, -0.15) is 5.10 Å². The molecule has 3 N–H and O–H groups in total. The number of aryl methyl sites for hydroxylation is 2. The Bertz CT molecular complexity index is 1410. The number of carbonyl (C=O) groups is 1. The van der Waals surface area contributed by atoms with Gasteiger partial charge in [0.2, 0.25) is 5.91 Å². The Morgan fingerprint density at radius 3 is 2.88 bits per heavy atom. The van der Waals surface area contributed by atoms with Crippen LogP contribution in [0.3, 0.4) is 0 Å². The molecule has 3 heterocycles. The molecular formula is C25H22N6O. The van der Waals surface area contributed by atoms with Crippen LogP contribution in [0, 0.1) is 25.2 Å². The molecule has 1 amide bonds. The third-order valence-corrected chi connectivity index (χ3v) is 5.96. The van der Waals surface area contributed by atoms with Crippen molar-refractivity contribution in [1.82, 2.24) is 19.7 Å². The predicted molar refractivity (Wildman–Crippen MR) is 125 cm³/mol. The van der Waals surface area contributed by atoms with Gasteiger partial charge < -0.3 is 11.1 Å². The zero-order valence-corrected chi connectivity index (χ0v) is 17.8. The van der Waals surface area contributed by atoms with Gasteiger partial charge in [0, 0.05) is 41.9 Å². The van der Waals surface area contributed by atoms with E-state index < -0.39 is 0 Å². The molecule has 7 heteroatoms. The predicted octanol–water partition coefficient (Wildman–Crippen LogP) is 3.64. The highest BCUT2D eigenvalue weighted by Crippen LogP contribution is 2.47. The molecule has 0 unspecified atom stereocenters. The average Bonchev–Trinajstić information content (AvgIpc) is 3.47. The number of nitrogen functional groups attached to an aromatic ring is 1. The Morgan fingerprint density at radius 1 is 1.28 bits per heavy atom. The summed E-state index contributed by atoms with van der Waals surface area (Å²) in [6.07, 6.45) is 11.8. The van der Waals surface area contributed by atoms with Crippen LogP contribution in [0.4, 0.5) is 11.6 Å². The zero-order chi connectivity index (χ0) is 22.4. The summed E-state index contributed by atoms with van der Waals surface area (Å²) >= 11 is 0. The molecule has 1 fully saturated rings. The number of aromatic nitrogens is 4. The van der Waals surface area contributed by atoms with Crippen molar-refractivity contribution >= 4 is 28.3 Å². The highest BCUT2D eigenvalue weighted by Gasteiger charge is 2.44. The lowest BCUT2D eigenvalue weighted by Crippen LogP contribution is -2.15. The fourth-order valence-corrected chi connectivity index (χ4v) is 4.07. The first-order valence-corrected chi connectivity index (χ1v) is 10.4. The van der Waals surface area contributed by atoms with Crippen LogP contribution in [-0.4, -0.2) is 25.7 Å². The number of nitrogens with zero attached hydrogens (tertiary/aromatic N) is 4. The van der Waals surface area contributed by atoms with E-state index in [-0.39, 0.29) is 17.7 Å². The van der Waals surface area contributed by atoms with Crippen LogP contribution in [0.1, 0.15) is 29.0 Å². The molecule has 32 heavy (non-hydrogen) atoms. The van der Waals surface area contributed by atoms with Gasteiger partial charge in [0.1, 0.15) is 11.6 Å². The van der Waals surface area contributed by atoms with E-state index in [1.807, 2.05) is 56.7 Å². The zero-order valence-electron chi connectivity index (χ0n) is 17.8. The molecule has 7 nitrogen and oxygen atoms in total. The molecule has 0 bridgehead atoms. The first-order valence-electron chi connectivity index (χ1n) is 10.4. The minimum Gasteiger partial charge on any atom is -0.383 e. The Kier molecular flexibility index (Phi) is 4.63. The van der Waals surface area contributed by atoms with E-state index in [0.29, 0.717) is 11.6 Å².